The normalized spacial score (nSPS) is 21.1. The lowest BCUT2D eigenvalue weighted by Gasteiger charge is -2.33. The number of hydrogen-bond acceptors (Lipinski definition) is 6. The number of nitrogens with one attached hydrogen (secondary N) is 2. The number of fused-ring (bicyclic) bond motifs is 1. The standard InChI is InChI=1S/C29H35F5N8O2/c1-16(29(32,33)34)12-22(43)39-23(18-4-5-18)20-8-11-41-14-21(38-27(41)37-20)24(19-6-9-28(30,31)10-7-19)40-26(44)25-35-15-36-42(25)13-17-2-3-17/h8,11,14-19,23-24H,2-7,9-10,12-13H2,1H3,(H,39,43)(H,40,44)/t16-,23?,24+/m1/s1. The van der Waals surface area contributed by atoms with E-state index in [1.54, 1.807) is 27.5 Å². The van der Waals surface area contributed by atoms with Crippen molar-refractivity contribution < 1.29 is 31.5 Å². The van der Waals surface area contributed by atoms with Crippen molar-refractivity contribution in [3.8, 4) is 0 Å². The Labute approximate surface area is 250 Å². The van der Waals surface area contributed by atoms with E-state index in [1.807, 2.05) is 0 Å². The fourth-order valence-electron chi connectivity index (χ4n) is 5.87. The zero-order valence-corrected chi connectivity index (χ0v) is 24.2. The van der Waals surface area contributed by atoms with E-state index < -0.39 is 48.3 Å². The molecule has 238 valence electrons. The van der Waals surface area contributed by atoms with Crippen LogP contribution < -0.4 is 10.6 Å². The van der Waals surface area contributed by atoms with Crippen LogP contribution >= 0.6 is 0 Å². The van der Waals surface area contributed by atoms with Crippen molar-refractivity contribution in [1.82, 2.24) is 39.8 Å². The quantitative estimate of drug-likeness (QED) is 0.285. The van der Waals surface area contributed by atoms with Crippen molar-refractivity contribution >= 4 is 17.6 Å². The Kier molecular flexibility index (Phi) is 8.07. The van der Waals surface area contributed by atoms with Crippen molar-refractivity contribution in [2.24, 2.45) is 23.7 Å². The second-order valence-corrected chi connectivity index (χ2v) is 12.6. The summed E-state index contributed by atoms with van der Waals surface area (Å²) in [6.07, 6.45) is 3.06. The summed E-state index contributed by atoms with van der Waals surface area (Å²) >= 11 is 0. The molecule has 0 spiro atoms. The maximum atomic E-state index is 14.1. The number of carbonyl (C=O) groups is 2. The number of halogens is 5. The van der Waals surface area contributed by atoms with Crippen LogP contribution in [0.15, 0.2) is 24.8 Å². The topological polar surface area (TPSA) is 119 Å². The van der Waals surface area contributed by atoms with Crippen LogP contribution in [0.25, 0.3) is 5.78 Å². The molecule has 3 fully saturated rings. The monoisotopic (exact) mass is 622 g/mol. The van der Waals surface area contributed by atoms with E-state index in [1.165, 1.54) is 6.33 Å². The summed E-state index contributed by atoms with van der Waals surface area (Å²) in [6.45, 7) is 1.56. The third-order valence-electron chi connectivity index (χ3n) is 8.93. The van der Waals surface area contributed by atoms with Crippen LogP contribution in [0.2, 0.25) is 0 Å². The largest absolute Gasteiger partial charge is 0.392 e. The molecule has 10 nitrogen and oxygen atoms in total. The smallest absolute Gasteiger partial charge is 0.347 e. The molecule has 3 aromatic rings. The number of amides is 2. The Morgan fingerprint density at radius 2 is 1.66 bits per heavy atom. The molecule has 0 aliphatic heterocycles. The van der Waals surface area contributed by atoms with E-state index in [0.717, 1.165) is 32.6 Å². The average Bonchev–Trinajstić information content (AvgIpc) is 3.88. The highest BCUT2D eigenvalue weighted by molar-refractivity contribution is 5.90. The van der Waals surface area contributed by atoms with Gasteiger partial charge in [-0.1, -0.05) is 6.92 Å². The molecule has 44 heavy (non-hydrogen) atoms. The number of imidazole rings is 1. The molecule has 2 N–H and O–H groups in total. The molecule has 3 aliphatic carbocycles. The van der Waals surface area contributed by atoms with Crippen LogP contribution in [0.5, 0.6) is 0 Å². The first-order chi connectivity index (χ1) is 20.9. The van der Waals surface area contributed by atoms with E-state index in [9.17, 15) is 31.5 Å². The molecule has 0 aromatic carbocycles. The fourth-order valence-corrected chi connectivity index (χ4v) is 5.87. The van der Waals surface area contributed by atoms with Gasteiger partial charge in [0.1, 0.15) is 6.33 Å². The molecule has 3 aliphatic rings. The molecule has 3 saturated carbocycles. The highest BCUT2D eigenvalue weighted by Gasteiger charge is 2.41. The van der Waals surface area contributed by atoms with Crippen LogP contribution in [0.3, 0.4) is 0 Å². The van der Waals surface area contributed by atoms with E-state index in [4.69, 9.17) is 0 Å². The second kappa shape index (κ2) is 11.7. The van der Waals surface area contributed by atoms with Crippen LogP contribution in [-0.4, -0.2) is 53.0 Å². The van der Waals surface area contributed by atoms with Gasteiger partial charge in [0, 0.05) is 38.2 Å². The third kappa shape index (κ3) is 7.01. The molecule has 0 bridgehead atoms. The summed E-state index contributed by atoms with van der Waals surface area (Å²) in [5, 5.41) is 9.91. The zero-order valence-electron chi connectivity index (χ0n) is 24.2. The molecule has 3 aromatic heterocycles. The van der Waals surface area contributed by atoms with Gasteiger partial charge < -0.3 is 10.6 Å². The Morgan fingerprint density at radius 3 is 2.32 bits per heavy atom. The highest BCUT2D eigenvalue weighted by Crippen LogP contribution is 2.43. The minimum absolute atomic E-state index is 0.0495. The van der Waals surface area contributed by atoms with Crippen molar-refractivity contribution in [2.45, 2.75) is 95.4 Å². The van der Waals surface area contributed by atoms with Crippen LogP contribution in [0.1, 0.15) is 98.8 Å². The van der Waals surface area contributed by atoms with Gasteiger partial charge >= 0.3 is 6.18 Å². The van der Waals surface area contributed by atoms with Gasteiger partial charge in [-0.2, -0.15) is 18.3 Å². The maximum Gasteiger partial charge on any atom is 0.392 e. The lowest BCUT2D eigenvalue weighted by atomic mass is 9.81. The third-order valence-corrected chi connectivity index (χ3v) is 8.93. The molecule has 15 heteroatoms. The lowest BCUT2D eigenvalue weighted by molar-refractivity contribution is -0.174. The first kappa shape index (κ1) is 30.4. The Morgan fingerprint density at radius 1 is 1.00 bits per heavy atom. The first-order valence-electron chi connectivity index (χ1n) is 15.1. The number of alkyl halides is 5. The molecule has 0 saturated heterocycles. The Hall–Kier alpha value is -3.65. The summed E-state index contributed by atoms with van der Waals surface area (Å²) in [5.74, 6) is -5.11. The molecule has 0 radical (unpaired) electrons. The summed E-state index contributed by atoms with van der Waals surface area (Å²) < 4.78 is 70.4. The molecule has 3 atom stereocenters. The minimum Gasteiger partial charge on any atom is -0.347 e. The Balaban J connectivity index is 1.24. The van der Waals surface area contributed by atoms with Gasteiger partial charge in [0.05, 0.1) is 29.4 Å². The van der Waals surface area contributed by atoms with Crippen molar-refractivity contribution in [3.63, 3.8) is 0 Å². The summed E-state index contributed by atoms with van der Waals surface area (Å²) in [7, 11) is 0. The van der Waals surface area contributed by atoms with E-state index in [-0.39, 0.29) is 49.1 Å². The number of hydrogen-bond donors (Lipinski definition) is 2. The number of aromatic nitrogens is 6. The minimum atomic E-state index is -4.47. The average molecular weight is 623 g/mol. The van der Waals surface area contributed by atoms with Gasteiger partial charge in [-0.25, -0.2) is 28.4 Å². The van der Waals surface area contributed by atoms with Gasteiger partial charge in [-0.05, 0) is 62.3 Å². The van der Waals surface area contributed by atoms with Crippen LogP contribution in [0, 0.1) is 23.7 Å². The van der Waals surface area contributed by atoms with Gasteiger partial charge in [0.25, 0.3) is 5.91 Å². The summed E-state index contributed by atoms with van der Waals surface area (Å²) in [5.41, 5.74) is 0.911. The van der Waals surface area contributed by atoms with Crippen LogP contribution in [0.4, 0.5) is 22.0 Å². The molecule has 6 rings (SSSR count). The van der Waals surface area contributed by atoms with E-state index >= 15 is 0 Å². The van der Waals surface area contributed by atoms with Gasteiger partial charge in [-0.15, -0.1) is 0 Å². The number of nitrogens with zero attached hydrogens (tertiary/aromatic N) is 6. The second-order valence-electron chi connectivity index (χ2n) is 12.6. The highest BCUT2D eigenvalue weighted by atomic mass is 19.4. The number of rotatable bonds is 11. The zero-order chi connectivity index (χ0) is 31.2. The first-order valence-corrected chi connectivity index (χ1v) is 15.1. The molecule has 1 unspecified atom stereocenters. The number of carbonyl (C=O) groups excluding carboxylic acids is 2. The van der Waals surface area contributed by atoms with Crippen molar-refractivity contribution in [3.05, 3.63) is 42.0 Å². The maximum absolute atomic E-state index is 14.1. The predicted molar refractivity (Wildman–Crippen MR) is 146 cm³/mol. The van der Waals surface area contributed by atoms with Crippen molar-refractivity contribution in [2.75, 3.05) is 0 Å². The lowest BCUT2D eigenvalue weighted by Crippen LogP contribution is -2.38. The Bertz CT molecular complexity index is 1500. The molecular weight excluding hydrogens is 587 g/mol. The molecule has 3 heterocycles. The fraction of sp³-hybridized carbons (Fsp3) is 0.655. The predicted octanol–water partition coefficient (Wildman–Crippen LogP) is 5.18. The summed E-state index contributed by atoms with van der Waals surface area (Å²) in [4.78, 5) is 39.4. The molecule has 2 amide bonds. The van der Waals surface area contributed by atoms with Gasteiger partial charge in [0.2, 0.25) is 23.4 Å². The summed E-state index contributed by atoms with van der Waals surface area (Å²) in [6, 6.07) is 0.420. The van der Waals surface area contributed by atoms with Crippen molar-refractivity contribution in [1.29, 1.82) is 0 Å². The van der Waals surface area contributed by atoms with E-state index in [0.29, 0.717) is 23.9 Å². The van der Waals surface area contributed by atoms with Gasteiger partial charge in [-0.3, -0.25) is 14.0 Å². The van der Waals surface area contributed by atoms with Crippen LogP contribution in [-0.2, 0) is 11.3 Å². The SMILES string of the molecule is C[C@H](CC(=O)NC(c1ccn2cc([C@@H](NC(=O)c3ncnn3CC3CC3)C3CCC(F)(F)CC3)nc2n1)C1CC1)C(F)(F)F. The van der Waals surface area contributed by atoms with E-state index in [2.05, 4.69) is 30.7 Å². The van der Waals surface area contributed by atoms with Gasteiger partial charge in [0.15, 0.2) is 0 Å². The molecular formula is C29H35F5N8O2.